The summed E-state index contributed by atoms with van der Waals surface area (Å²) in [5.74, 6) is -0.605. The van der Waals surface area contributed by atoms with Crippen LogP contribution in [0.4, 0.5) is 4.79 Å². The molecule has 0 bridgehead atoms. The van der Waals surface area contributed by atoms with Gasteiger partial charge in [-0.3, -0.25) is 0 Å². The number of nitrogens with one attached hydrogen (secondary N) is 1. The first-order chi connectivity index (χ1) is 11.6. The third-order valence-corrected chi connectivity index (χ3v) is 3.29. The molecule has 0 fully saturated rings. The Balaban J connectivity index is 1.57. The lowest BCUT2D eigenvalue weighted by Crippen LogP contribution is -2.23. The van der Waals surface area contributed by atoms with Crippen molar-refractivity contribution in [3.05, 3.63) is 65.5 Å². The van der Waals surface area contributed by atoms with Crippen LogP contribution in [0.5, 0.6) is 0 Å². The van der Waals surface area contributed by atoms with Crippen molar-refractivity contribution in [2.75, 3.05) is 0 Å². The van der Waals surface area contributed by atoms with Gasteiger partial charge in [0.25, 0.3) is 0 Å². The smallest absolute Gasteiger partial charge is 0.407 e. The van der Waals surface area contributed by atoms with E-state index < -0.39 is 12.1 Å². The van der Waals surface area contributed by atoms with Crippen LogP contribution in [0.2, 0.25) is 0 Å². The second-order valence-corrected chi connectivity index (χ2v) is 5.05. The molecule has 7 heteroatoms. The number of carbonyl (C=O) groups excluding carboxylic acids is 1. The number of carbonyl (C=O) groups is 2. The molecule has 7 nitrogen and oxygen atoms in total. The Bertz CT molecular complexity index is 873. The maximum atomic E-state index is 11.7. The summed E-state index contributed by atoms with van der Waals surface area (Å²) >= 11 is 0. The normalized spacial score (nSPS) is 10.5. The van der Waals surface area contributed by atoms with E-state index in [4.69, 9.17) is 14.3 Å². The number of amides is 1. The first-order valence-corrected chi connectivity index (χ1v) is 7.18. The molecule has 0 saturated heterocycles. The van der Waals surface area contributed by atoms with Gasteiger partial charge in [-0.25, -0.2) is 14.6 Å². The number of carboxylic acids is 1. The Morgan fingerprint density at radius 1 is 1.21 bits per heavy atom. The number of alkyl carbamates (subject to hydrolysis) is 1. The predicted octanol–water partition coefficient (Wildman–Crippen LogP) is 2.95. The molecule has 2 aromatic heterocycles. The van der Waals surface area contributed by atoms with Crippen LogP contribution in [0.3, 0.4) is 0 Å². The van der Waals surface area contributed by atoms with Crippen LogP contribution in [0.25, 0.3) is 11.1 Å². The number of furan rings is 1. The fraction of sp³-hybridized carbons (Fsp3) is 0.118. The van der Waals surface area contributed by atoms with Gasteiger partial charge in [0, 0.05) is 11.6 Å². The van der Waals surface area contributed by atoms with E-state index in [9.17, 15) is 9.59 Å². The molecule has 0 aliphatic carbocycles. The zero-order valence-corrected chi connectivity index (χ0v) is 12.6. The molecule has 0 aliphatic rings. The van der Waals surface area contributed by atoms with Gasteiger partial charge in [0.2, 0.25) is 5.71 Å². The number of nitrogens with zero attached hydrogens (tertiary/aromatic N) is 1. The van der Waals surface area contributed by atoms with Gasteiger partial charge in [-0.05, 0) is 17.7 Å². The van der Waals surface area contributed by atoms with Crippen molar-refractivity contribution in [3.8, 4) is 0 Å². The fourth-order valence-corrected chi connectivity index (χ4v) is 2.12. The molecule has 1 amide bonds. The van der Waals surface area contributed by atoms with Gasteiger partial charge in [0.1, 0.15) is 12.4 Å². The van der Waals surface area contributed by atoms with Crippen molar-refractivity contribution < 1.29 is 23.8 Å². The van der Waals surface area contributed by atoms with Crippen molar-refractivity contribution in [2.45, 2.75) is 13.2 Å². The maximum Gasteiger partial charge on any atom is 0.407 e. The zero-order valence-electron chi connectivity index (χ0n) is 12.6. The van der Waals surface area contributed by atoms with Gasteiger partial charge in [0.05, 0.1) is 12.1 Å². The fourth-order valence-electron chi connectivity index (χ4n) is 2.12. The van der Waals surface area contributed by atoms with Crippen LogP contribution in [0.1, 0.15) is 21.7 Å². The molecule has 0 saturated carbocycles. The molecule has 0 radical (unpaired) electrons. The number of ether oxygens (including phenoxy) is 1. The second-order valence-electron chi connectivity index (χ2n) is 5.05. The molecule has 24 heavy (non-hydrogen) atoms. The van der Waals surface area contributed by atoms with Crippen molar-refractivity contribution in [2.24, 2.45) is 0 Å². The van der Waals surface area contributed by atoms with E-state index in [2.05, 4.69) is 10.3 Å². The lowest BCUT2D eigenvalue weighted by molar-refractivity contribution is 0.0696. The van der Waals surface area contributed by atoms with E-state index in [0.717, 1.165) is 5.56 Å². The predicted molar refractivity (Wildman–Crippen MR) is 84.4 cm³/mol. The summed E-state index contributed by atoms with van der Waals surface area (Å²) in [6.07, 6.45) is 0.651. The number of aromatic carboxylic acids is 1. The number of fused-ring (bicyclic) bond motifs is 1. The quantitative estimate of drug-likeness (QED) is 0.747. The highest BCUT2D eigenvalue weighted by atomic mass is 16.5. The minimum absolute atomic E-state index is 0.0741. The van der Waals surface area contributed by atoms with Crippen molar-refractivity contribution in [1.29, 1.82) is 0 Å². The van der Waals surface area contributed by atoms with Gasteiger partial charge in [-0.15, -0.1) is 0 Å². The third kappa shape index (κ3) is 3.70. The van der Waals surface area contributed by atoms with E-state index in [1.165, 1.54) is 12.3 Å². The molecule has 1 aromatic carbocycles. The number of benzene rings is 1. The van der Waals surface area contributed by atoms with Gasteiger partial charge < -0.3 is 19.6 Å². The van der Waals surface area contributed by atoms with Gasteiger partial charge in [-0.2, -0.15) is 0 Å². The summed E-state index contributed by atoms with van der Waals surface area (Å²) < 4.78 is 10.5. The highest BCUT2D eigenvalue weighted by Gasteiger charge is 2.10. The largest absolute Gasteiger partial charge is 0.478 e. The number of carboxylic acid groups (broad SMARTS) is 1. The Hall–Kier alpha value is -3.35. The number of hydrogen-bond donors (Lipinski definition) is 2. The Morgan fingerprint density at radius 3 is 2.75 bits per heavy atom. The summed E-state index contributed by atoms with van der Waals surface area (Å²) in [5.41, 5.74) is 1.28. The van der Waals surface area contributed by atoms with Crippen molar-refractivity contribution >= 4 is 23.2 Å². The van der Waals surface area contributed by atoms with Crippen LogP contribution in [-0.2, 0) is 17.9 Å². The summed E-state index contributed by atoms with van der Waals surface area (Å²) in [6.45, 7) is 0.294. The van der Waals surface area contributed by atoms with E-state index in [-0.39, 0.29) is 18.7 Å². The summed E-state index contributed by atoms with van der Waals surface area (Å²) in [6, 6.07) is 12.4. The first kappa shape index (κ1) is 15.5. The standard InChI is InChI=1S/C17H14N2O5/c20-16(21)13-6-12-7-14(24-15(12)18-8-13)9-19-17(22)23-10-11-4-2-1-3-5-11/h1-8H,9-10H2,(H,19,22)(H,20,21). The molecular weight excluding hydrogens is 312 g/mol. The van der Waals surface area contributed by atoms with Gasteiger partial charge >= 0.3 is 12.1 Å². The average molecular weight is 326 g/mol. The van der Waals surface area contributed by atoms with E-state index >= 15 is 0 Å². The number of rotatable bonds is 5. The minimum Gasteiger partial charge on any atom is -0.478 e. The van der Waals surface area contributed by atoms with Crippen LogP contribution in [0.15, 0.2) is 53.1 Å². The number of aromatic nitrogens is 1. The van der Waals surface area contributed by atoms with Crippen LogP contribution < -0.4 is 5.32 Å². The molecule has 0 atom stereocenters. The molecule has 2 heterocycles. The van der Waals surface area contributed by atoms with Crippen LogP contribution in [0, 0.1) is 0 Å². The monoisotopic (exact) mass is 326 g/mol. The van der Waals surface area contributed by atoms with E-state index in [1.54, 1.807) is 6.07 Å². The molecule has 122 valence electrons. The van der Waals surface area contributed by atoms with Gasteiger partial charge in [0.15, 0.2) is 0 Å². The van der Waals surface area contributed by atoms with E-state index in [0.29, 0.717) is 16.9 Å². The SMILES string of the molecule is O=C(NCc1cc2cc(C(=O)O)cnc2o1)OCc1ccccc1. The number of hydrogen-bond acceptors (Lipinski definition) is 5. The van der Waals surface area contributed by atoms with Crippen molar-refractivity contribution in [3.63, 3.8) is 0 Å². The first-order valence-electron chi connectivity index (χ1n) is 7.18. The van der Waals surface area contributed by atoms with Crippen LogP contribution in [-0.4, -0.2) is 22.2 Å². The zero-order chi connectivity index (χ0) is 16.9. The minimum atomic E-state index is -1.06. The lowest BCUT2D eigenvalue weighted by atomic mass is 10.2. The Kier molecular flexibility index (Phi) is 4.42. The summed E-state index contributed by atoms with van der Waals surface area (Å²) in [4.78, 5) is 26.5. The average Bonchev–Trinajstić information content (AvgIpc) is 3.01. The molecule has 0 spiro atoms. The molecule has 3 aromatic rings. The third-order valence-electron chi connectivity index (χ3n) is 3.29. The molecule has 2 N–H and O–H groups in total. The maximum absolute atomic E-state index is 11.7. The molecule has 0 unspecified atom stereocenters. The van der Waals surface area contributed by atoms with Gasteiger partial charge in [-0.1, -0.05) is 30.3 Å². The second kappa shape index (κ2) is 6.82. The van der Waals surface area contributed by atoms with Crippen molar-refractivity contribution in [1.82, 2.24) is 10.3 Å². The summed E-state index contributed by atoms with van der Waals surface area (Å²) in [7, 11) is 0. The highest BCUT2D eigenvalue weighted by molar-refractivity contribution is 5.91. The highest BCUT2D eigenvalue weighted by Crippen LogP contribution is 2.18. The lowest BCUT2D eigenvalue weighted by Gasteiger charge is -2.05. The Morgan fingerprint density at radius 2 is 2.00 bits per heavy atom. The topological polar surface area (TPSA) is 102 Å². The summed E-state index contributed by atoms with van der Waals surface area (Å²) in [5, 5.41) is 12.1. The van der Waals surface area contributed by atoms with E-state index in [1.807, 2.05) is 30.3 Å². The molecule has 0 aliphatic heterocycles. The Labute approximate surface area is 136 Å². The van der Waals surface area contributed by atoms with Crippen LogP contribution >= 0.6 is 0 Å². The number of pyridine rings is 1. The molecular formula is C17H14N2O5. The molecule has 3 rings (SSSR count).